The third kappa shape index (κ3) is 5.97. The van der Waals surface area contributed by atoms with E-state index in [0.29, 0.717) is 6.61 Å². The Labute approximate surface area is 124 Å². The van der Waals surface area contributed by atoms with Gasteiger partial charge in [0.15, 0.2) is 0 Å². The van der Waals surface area contributed by atoms with Gasteiger partial charge in [-0.25, -0.2) is 0 Å². The highest BCUT2D eigenvalue weighted by Crippen LogP contribution is 2.26. The number of rotatable bonds is 4. The zero-order valence-electron chi connectivity index (χ0n) is 12.1. The molecule has 3 N–H and O–H groups in total. The summed E-state index contributed by atoms with van der Waals surface area (Å²) in [4.78, 5) is 21.4. The highest BCUT2D eigenvalue weighted by atomic mass is 16.6. The van der Waals surface area contributed by atoms with Gasteiger partial charge in [-0.15, -0.1) is 0 Å². The molecule has 0 aromatic heterocycles. The van der Waals surface area contributed by atoms with E-state index < -0.39 is 0 Å². The monoisotopic (exact) mass is 298 g/mol. The number of carbonyl (C=O) groups is 2. The maximum atomic E-state index is 11.0. The van der Waals surface area contributed by atoms with E-state index in [1.165, 1.54) is 5.57 Å². The first-order chi connectivity index (χ1) is 10.1. The van der Waals surface area contributed by atoms with Crippen LogP contribution in [0.15, 0.2) is 24.0 Å². The van der Waals surface area contributed by atoms with Crippen molar-refractivity contribution in [2.75, 3.05) is 13.2 Å². The van der Waals surface area contributed by atoms with Gasteiger partial charge in [0.1, 0.15) is 12.8 Å². The molecule has 7 nitrogen and oxygen atoms in total. The molecule has 0 radical (unpaired) electrons. The zero-order valence-corrected chi connectivity index (χ0v) is 12.1. The van der Waals surface area contributed by atoms with E-state index in [2.05, 4.69) is 24.1 Å². The molecule has 118 valence electrons. The van der Waals surface area contributed by atoms with Crippen LogP contribution in [0.5, 0.6) is 0 Å². The summed E-state index contributed by atoms with van der Waals surface area (Å²) in [5, 5.41) is 6.89. The van der Waals surface area contributed by atoms with Crippen LogP contribution in [0.2, 0.25) is 0 Å². The number of hydrogen-bond donors (Lipinski definition) is 2. The Morgan fingerprint density at radius 2 is 2.33 bits per heavy atom. The van der Waals surface area contributed by atoms with E-state index >= 15 is 0 Å². The predicted molar refractivity (Wildman–Crippen MR) is 76.0 cm³/mol. The van der Waals surface area contributed by atoms with Crippen molar-refractivity contribution in [2.24, 2.45) is 5.73 Å². The average molecular weight is 298 g/mol. The minimum Gasteiger partial charge on any atom is -0.483 e. The Kier molecular flexibility index (Phi) is 7.49. The van der Waals surface area contributed by atoms with Gasteiger partial charge in [0.05, 0.1) is 12.6 Å². The lowest BCUT2D eigenvalue weighted by Crippen LogP contribution is -2.29. The van der Waals surface area contributed by atoms with Gasteiger partial charge in [0.25, 0.3) is 6.47 Å². The summed E-state index contributed by atoms with van der Waals surface area (Å²) >= 11 is 0. The molecule has 0 aliphatic carbocycles. The highest BCUT2D eigenvalue weighted by molar-refractivity contribution is 5.71. The van der Waals surface area contributed by atoms with Crippen molar-refractivity contribution < 1.29 is 24.2 Å². The van der Waals surface area contributed by atoms with Gasteiger partial charge in [0.2, 0.25) is 0 Å². The molecule has 0 amide bonds. The summed E-state index contributed by atoms with van der Waals surface area (Å²) in [6.07, 6.45) is 9.16. The molecule has 0 aromatic carbocycles. The van der Waals surface area contributed by atoms with E-state index in [4.69, 9.17) is 25.1 Å². The van der Waals surface area contributed by atoms with Crippen molar-refractivity contribution in [1.82, 2.24) is 4.90 Å². The number of ether oxygens (including phenoxy) is 2. The molecule has 2 rings (SSSR count). The molecular weight excluding hydrogens is 276 g/mol. The molecule has 2 unspecified atom stereocenters. The SMILES string of the molecule is CC1=CN(C2CCC(COC(=O)CN)O2)C=CC1.O=CO. The van der Waals surface area contributed by atoms with E-state index in [1.807, 2.05) is 6.20 Å². The summed E-state index contributed by atoms with van der Waals surface area (Å²) in [7, 11) is 0. The summed E-state index contributed by atoms with van der Waals surface area (Å²) in [5.74, 6) is -0.379. The molecule has 2 heterocycles. The average Bonchev–Trinajstić information content (AvgIpc) is 2.94. The van der Waals surface area contributed by atoms with Crippen molar-refractivity contribution in [3.63, 3.8) is 0 Å². The Morgan fingerprint density at radius 1 is 1.62 bits per heavy atom. The Morgan fingerprint density at radius 3 is 2.95 bits per heavy atom. The second-order valence-electron chi connectivity index (χ2n) is 4.79. The maximum absolute atomic E-state index is 11.0. The van der Waals surface area contributed by atoms with Crippen LogP contribution < -0.4 is 5.73 Å². The fraction of sp³-hybridized carbons (Fsp3) is 0.571. The minimum absolute atomic E-state index is 0.0190. The van der Waals surface area contributed by atoms with Gasteiger partial charge in [-0.2, -0.15) is 0 Å². The molecule has 0 aromatic rings. The van der Waals surface area contributed by atoms with Crippen molar-refractivity contribution in [1.29, 1.82) is 0 Å². The van der Waals surface area contributed by atoms with E-state index in [0.717, 1.165) is 19.3 Å². The summed E-state index contributed by atoms with van der Waals surface area (Å²) in [6.45, 7) is 2.08. The summed E-state index contributed by atoms with van der Waals surface area (Å²) in [5.41, 5.74) is 6.49. The fourth-order valence-electron chi connectivity index (χ4n) is 2.16. The number of nitrogens with two attached hydrogens (primary N) is 1. The van der Waals surface area contributed by atoms with Crippen LogP contribution in [-0.2, 0) is 19.1 Å². The van der Waals surface area contributed by atoms with Gasteiger partial charge in [-0.1, -0.05) is 11.6 Å². The van der Waals surface area contributed by atoms with Gasteiger partial charge in [-0.3, -0.25) is 9.59 Å². The van der Waals surface area contributed by atoms with Crippen LogP contribution >= 0.6 is 0 Å². The number of carboxylic acid groups (broad SMARTS) is 1. The lowest BCUT2D eigenvalue weighted by Gasteiger charge is -2.26. The van der Waals surface area contributed by atoms with Gasteiger partial charge in [-0.05, 0) is 26.2 Å². The number of nitrogens with zero attached hydrogens (tertiary/aromatic N) is 1. The minimum atomic E-state index is -0.379. The molecule has 1 fully saturated rings. The second kappa shape index (κ2) is 9.15. The predicted octanol–water partition coefficient (Wildman–Crippen LogP) is 0.817. The third-order valence-electron chi connectivity index (χ3n) is 3.10. The van der Waals surface area contributed by atoms with Crippen molar-refractivity contribution in [3.8, 4) is 0 Å². The van der Waals surface area contributed by atoms with Crippen molar-refractivity contribution in [3.05, 3.63) is 24.0 Å². The third-order valence-corrected chi connectivity index (χ3v) is 3.10. The van der Waals surface area contributed by atoms with E-state index in [9.17, 15) is 4.79 Å². The first kappa shape index (κ1) is 17.2. The number of allylic oxidation sites excluding steroid dienone is 2. The van der Waals surface area contributed by atoms with Crippen molar-refractivity contribution >= 4 is 12.4 Å². The first-order valence-corrected chi connectivity index (χ1v) is 6.81. The lowest BCUT2D eigenvalue weighted by atomic mass is 10.2. The van der Waals surface area contributed by atoms with Crippen LogP contribution in [0.1, 0.15) is 26.2 Å². The zero-order chi connectivity index (χ0) is 15.7. The highest BCUT2D eigenvalue weighted by Gasteiger charge is 2.29. The maximum Gasteiger partial charge on any atom is 0.319 e. The molecular formula is C14H22N2O5. The first-order valence-electron chi connectivity index (χ1n) is 6.81. The Bertz CT molecular complexity index is 408. The molecule has 2 atom stereocenters. The van der Waals surface area contributed by atoms with Crippen molar-refractivity contribution in [2.45, 2.75) is 38.5 Å². The van der Waals surface area contributed by atoms with Crippen LogP contribution in [0.3, 0.4) is 0 Å². The number of carbonyl (C=O) groups excluding carboxylic acids is 1. The largest absolute Gasteiger partial charge is 0.483 e. The Balaban J connectivity index is 0.000000677. The quantitative estimate of drug-likeness (QED) is 0.585. The fourth-order valence-corrected chi connectivity index (χ4v) is 2.16. The standard InChI is InChI=1S/C13H20N2O3.CH2O2/c1-10-3-2-6-15(8-10)12-5-4-11(18-12)9-17-13(16)7-14;2-1-3/h2,6,8,11-12H,3-5,7,9,14H2,1H3;1H,(H,2,3). The number of esters is 1. The molecule has 21 heavy (non-hydrogen) atoms. The number of hydrogen-bond acceptors (Lipinski definition) is 6. The van der Waals surface area contributed by atoms with Gasteiger partial charge >= 0.3 is 5.97 Å². The smallest absolute Gasteiger partial charge is 0.319 e. The van der Waals surface area contributed by atoms with Crippen LogP contribution in [0.25, 0.3) is 0 Å². The van der Waals surface area contributed by atoms with E-state index in [1.54, 1.807) is 0 Å². The van der Waals surface area contributed by atoms with Crippen LogP contribution in [0.4, 0.5) is 0 Å². The second-order valence-corrected chi connectivity index (χ2v) is 4.79. The summed E-state index contributed by atoms with van der Waals surface area (Å²) < 4.78 is 10.8. The lowest BCUT2D eigenvalue weighted by molar-refractivity contribution is -0.146. The molecule has 1 saturated heterocycles. The molecule has 0 saturated carbocycles. The topological polar surface area (TPSA) is 102 Å². The van der Waals surface area contributed by atoms with Gasteiger partial charge < -0.3 is 25.2 Å². The Hall–Kier alpha value is -1.86. The normalized spacial score (nSPS) is 23.9. The van der Waals surface area contributed by atoms with Gasteiger partial charge in [0, 0.05) is 12.4 Å². The van der Waals surface area contributed by atoms with Crippen LogP contribution in [0, 0.1) is 0 Å². The van der Waals surface area contributed by atoms with E-state index in [-0.39, 0.29) is 31.3 Å². The molecule has 0 spiro atoms. The van der Waals surface area contributed by atoms with Crippen LogP contribution in [-0.4, -0.2) is 47.9 Å². The molecule has 7 heteroatoms. The summed E-state index contributed by atoms with van der Waals surface area (Å²) in [6, 6.07) is 0. The molecule has 2 aliphatic rings. The molecule has 2 aliphatic heterocycles. The molecule has 0 bridgehead atoms.